The molecule has 90 valence electrons. The normalized spacial score (nSPS) is 35.0. The first-order valence-corrected chi connectivity index (χ1v) is 6.29. The molecule has 1 fully saturated rings. The molecule has 3 atom stereocenters. The van der Waals surface area contributed by atoms with Gasteiger partial charge < -0.3 is 0 Å². The highest BCUT2D eigenvalue weighted by molar-refractivity contribution is 4.93. The van der Waals surface area contributed by atoms with Crippen LogP contribution >= 0.6 is 0 Å². The van der Waals surface area contributed by atoms with Gasteiger partial charge in [-0.15, -0.1) is 0 Å². The van der Waals surface area contributed by atoms with Gasteiger partial charge in [-0.1, -0.05) is 27.7 Å². The highest BCUT2D eigenvalue weighted by atomic mass is 15.4. The van der Waals surface area contributed by atoms with Gasteiger partial charge >= 0.3 is 0 Å². The van der Waals surface area contributed by atoms with Gasteiger partial charge in [0.25, 0.3) is 0 Å². The fourth-order valence-electron chi connectivity index (χ4n) is 2.80. The topological polar surface area (TPSA) is 6.48 Å². The lowest BCUT2D eigenvalue weighted by molar-refractivity contribution is 0.102. The Labute approximate surface area is 95.6 Å². The van der Waals surface area contributed by atoms with Gasteiger partial charge in [0.1, 0.15) is 0 Å². The van der Waals surface area contributed by atoms with E-state index in [4.69, 9.17) is 0 Å². The Morgan fingerprint density at radius 3 is 1.73 bits per heavy atom. The van der Waals surface area contributed by atoms with E-state index in [1.165, 1.54) is 6.54 Å². The second kappa shape index (κ2) is 4.42. The largest absolute Gasteiger partial charge is 0.284 e. The van der Waals surface area contributed by atoms with Crippen molar-refractivity contribution < 1.29 is 0 Å². The zero-order chi connectivity index (χ0) is 11.8. The standard InChI is InChI=1S/C13H28N2/c1-8-14-10(2)11(3)15(12(14)4)9-13(5,6)7/h10-12H,8-9H2,1-7H3. The molecule has 15 heavy (non-hydrogen) atoms. The van der Waals surface area contributed by atoms with Crippen molar-refractivity contribution in [3.05, 3.63) is 0 Å². The van der Waals surface area contributed by atoms with E-state index in [2.05, 4.69) is 58.3 Å². The summed E-state index contributed by atoms with van der Waals surface area (Å²) in [7, 11) is 0. The fourth-order valence-corrected chi connectivity index (χ4v) is 2.80. The van der Waals surface area contributed by atoms with E-state index in [0.717, 1.165) is 6.54 Å². The molecule has 1 heterocycles. The Hall–Kier alpha value is -0.0800. The summed E-state index contributed by atoms with van der Waals surface area (Å²) < 4.78 is 0. The van der Waals surface area contributed by atoms with Gasteiger partial charge in [-0.05, 0) is 32.7 Å². The van der Waals surface area contributed by atoms with E-state index < -0.39 is 0 Å². The van der Waals surface area contributed by atoms with Gasteiger partial charge in [0.05, 0.1) is 6.17 Å². The SMILES string of the molecule is CCN1C(C)C(C)N(CC(C)(C)C)C1C. The first-order valence-electron chi connectivity index (χ1n) is 6.29. The summed E-state index contributed by atoms with van der Waals surface area (Å²) in [6.07, 6.45) is 0.597. The van der Waals surface area contributed by atoms with E-state index in [1.807, 2.05) is 0 Å². The van der Waals surface area contributed by atoms with Crippen LogP contribution in [0.15, 0.2) is 0 Å². The molecular formula is C13H28N2. The Morgan fingerprint density at radius 2 is 1.40 bits per heavy atom. The van der Waals surface area contributed by atoms with Crippen molar-refractivity contribution in [1.82, 2.24) is 9.80 Å². The number of hydrogen-bond acceptors (Lipinski definition) is 2. The zero-order valence-electron chi connectivity index (χ0n) is 11.5. The third-order valence-corrected chi connectivity index (χ3v) is 3.73. The Balaban J connectivity index is 2.74. The molecular weight excluding hydrogens is 184 g/mol. The van der Waals surface area contributed by atoms with Gasteiger partial charge in [-0.2, -0.15) is 0 Å². The number of rotatable bonds is 2. The summed E-state index contributed by atoms with van der Waals surface area (Å²) in [5, 5.41) is 0. The van der Waals surface area contributed by atoms with Gasteiger partial charge in [0, 0.05) is 18.6 Å². The lowest BCUT2D eigenvalue weighted by Crippen LogP contribution is -2.42. The summed E-state index contributed by atoms with van der Waals surface area (Å²) >= 11 is 0. The predicted molar refractivity (Wildman–Crippen MR) is 66.9 cm³/mol. The lowest BCUT2D eigenvalue weighted by atomic mass is 9.95. The molecule has 1 rings (SSSR count). The van der Waals surface area contributed by atoms with Crippen LogP contribution in [0, 0.1) is 5.41 Å². The molecule has 3 unspecified atom stereocenters. The molecule has 0 radical (unpaired) electrons. The Morgan fingerprint density at radius 1 is 0.933 bits per heavy atom. The van der Waals surface area contributed by atoms with E-state index in [1.54, 1.807) is 0 Å². The molecule has 2 heteroatoms. The summed E-state index contributed by atoms with van der Waals surface area (Å²) in [6.45, 7) is 18.7. The number of likely N-dealkylation sites (N-methyl/N-ethyl adjacent to an activating group) is 1. The van der Waals surface area contributed by atoms with Crippen molar-refractivity contribution >= 4 is 0 Å². The minimum absolute atomic E-state index is 0.395. The van der Waals surface area contributed by atoms with Crippen LogP contribution in [-0.2, 0) is 0 Å². The minimum Gasteiger partial charge on any atom is -0.284 e. The van der Waals surface area contributed by atoms with Gasteiger partial charge in [0.2, 0.25) is 0 Å². The zero-order valence-corrected chi connectivity index (χ0v) is 11.5. The van der Waals surface area contributed by atoms with Crippen LogP contribution in [0.5, 0.6) is 0 Å². The molecule has 0 amide bonds. The third kappa shape index (κ3) is 2.73. The Bertz CT molecular complexity index is 207. The van der Waals surface area contributed by atoms with E-state index >= 15 is 0 Å². The molecule has 2 nitrogen and oxygen atoms in total. The van der Waals surface area contributed by atoms with Crippen LogP contribution in [0.3, 0.4) is 0 Å². The maximum atomic E-state index is 2.65. The minimum atomic E-state index is 0.395. The molecule has 0 aromatic heterocycles. The molecule has 0 aromatic carbocycles. The molecule has 0 N–H and O–H groups in total. The highest BCUT2D eigenvalue weighted by Crippen LogP contribution is 2.29. The van der Waals surface area contributed by atoms with E-state index in [0.29, 0.717) is 23.7 Å². The molecule has 1 aliphatic rings. The molecule has 0 spiro atoms. The van der Waals surface area contributed by atoms with Crippen LogP contribution in [0.4, 0.5) is 0 Å². The van der Waals surface area contributed by atoms with Crippen molar-refractivity contribution in [3.63, 3.8) is 0 Å². The second-order valence-electron chi connectivity index (χ2n) is 6.18. The van der Waals surface area contributed by atoms with Gasteiger partial charge in [0.15, 0.2) is 0 Å². The molecule has 0 aliphatic carbocycles. The third-order valence-electron chi connectivity index (χ3n) is 3.73. The monoisotopic (exact) mass is 212 g/mol. The summed E-state index contributed by atoms with van der Waals surface area (Å²) in [5.41, 5.74) is 0.395. The van der Waals surface area contributed by atoms with Crippen molar-refractivity contribution in [2.75, 3.05) is 13.1 Å². The number of nitrogens with zero attached hydrogens (tertiary/aromatic N) is 2. The van der Waals surface area contributed by atoms with Crippen molar-refractivity contribution in [1.29, 1.82) is 0 Å². The molecule has 0 saturated carbocycles. The molecule has 0 aromatic rings. The first kappa shape index (κ1) is 13.0. The fraction of sp³-hybridized carbons (Fsp3) is 1.00. The average molecular weight is 212 g/mol. The van der Waals surface area contributed by atoms with Crippen molar-refractivity contribution in [2.45, 2.75) is 66.7 Å². The van der Waals surface area contributed by atoms with Crippen LogP contribution in [0.25, 0.3) is 0 Å². The summed E-state index contributed by atoms with van der Waals surface area (Å²) in [5.74, 6) is 0. The van der Waals surface area contributed by atoms with Gasteiger partial charge in [-0.25, -0.2) is 0 Å². The predicted octanol–water partition coefficient (Wildman–Crippen LogP) is 2.79. The van der Waals surface area contributed by atoms with E-state index in [9.17, 15) is 0 Å². The number of hydrogen-bond donors (Lipinski definition) is 0. The van der Waals surface area contributed by atoms with Crippen molar-refractivity contribution in [3.8, 4) is 0 Å². The maximum absolute atomic E-state index is 2.65. The van der Waals surface area contributed by atoms with Crippen molar-refractivity contribution in [2.24, 2.45) is 5.41 Å². The van der Waals surface area contributed by atoms with Crippen LogP contribution in [0.1, 0.15) is 48.5 Å². The first-order chi connectivity index (χ1) is 6.78. The van der Waals surface area contributed by atoms with E-state index in [-0.39, 0.29) is 0 Å². The van der Waals surface area contributed by atoms with Gasteiger partial charge in [-0.3, -0.25) is 9.80 Å². The smallest absolute Gasteiger partial charge is 0.0599 e. The van der Waals surface area contributed by atoms with Crippen LogP contribution in [-0.4, -0.2) is 41.1 Å². The second-order valence-corrected chi connectivity index (χ2v) is 6.18. The quantitative estimate of drug-likeness (QED) is 0.694. The average Bonchev–Trinajstić information content (AvgIpc) is 2.28. The summed E-state index contributed by atoms with van der Waals surface area (Å²) in [4.78, 5) is 5.24. The highest BCUT2D eigenvalue weighted by Gasteiger charge is 2.40. The molecule has 1 aliphatic heterocycles. The maximum Gasteiger partial charge on any atom is 0.0599 e. The van der Waals surface area contributed by atoms with Crippen LogP contribution in [0.2, 0.25) is 0 Å². The molecule has 0 bridgehead atoms. The van der Waals surface area contributed by atoms with Crippen LogP contribution < -0.4 is 0 Å². The Kier molecular flexibility index (Phi) is 3.83. The lowest BCUT2D eigenvalue weighted by Gasteiger charge is -2.33. The summed E-state index contributed by atoms with van der Waals surface area (Å²) in [6, 6.07) is 1.37. The molecule has 1 saturated heterocycles.